The lowest BCUT2D eigenvalue weighted by atomic mass is 10.1. The minimum absolute atomic E-state index is 0.292. The van der Waals surface area contributed by atoms with Crippen LogP contribution in [0.3, 0.4) is 0 Å². The number of allylic oxidation sites excluding steroid dienone is 1. The molecule has 0 saturated carbocycles. The third-order valence-electron chi connectivity index (χ3n) is 4.69. The molecule has 2 nitrogen and oxygen atoms in total. The van der Waals surface area contributed by atoms with E-state index in [0.717, 1.165) is 54.9 Å². The summed E-state index contributed by atoms with van der Waals surface area (Å²) in [5.74, 6) is 3.61. The lowest BCUT2D eigenvalue weighted by Gasteiger charge is -2.32. The Morgan fingerprint density at radius 2 is 1.92 bits per heavy atom. The number of benzene rings is 2. The Morgan fingerprint density at radius 3 is 2.56 bits per heavy atom. The van der Waals surface area contributed by atoms with Gasteiger partial charge in [0.25, 0.3) is 0 Å². The van der Waals surface area contributed by atoms with Crippen LogP contribution < -0.4 is 4.74 Å². The summed E-state index contributed by atoms with van der Waals surface area (Å²) in [5, 5.41) is 0. The lowest BCUT2D eigenvalue weighted by molar-refractivity contribution is 0.0968. The van der Waals surface area contributed by atoms with Gasteiger partial charge in [0.15, 0.2) is 0 Å². The van der Waals surface area contributed by atoms with Crippen LogP contribution in [0.25, 0.3) is 5.57 Å². The third kappa shape index (κ3) is 4.75. The Kier molecular flexibility index (Phi) is 5.58. The van der Waals surface area contributed by atoms with E-state index in [0.29, 0.717) is 6.10 Å². The maximum atomic E-state index is 6.19. The van der Waals surface area contributed by atoms with Crippen molar-refractivity contribution in [3.8, 4) is 18.1 Å². The largest absolute Gasteiger partial charge is 0.490 e. The van der Waals surface area contributed by atoms with Gasteiger partial charge >= 0.3 is 0 Å². The molecule has 3 rings (SSSR count). The lowest BCUT2D eigenvalue weighted by Crippen LogP contribution is -2.37. The van der Waals surface area contributed by atoms with Crippen LogP contribution >= 0.6 is 0 Å². The molecule has 0 amide bonds. The number of rotatable bonds is 5. The first-order chi connectivity index (χ1) is 12.1. The van der Waals surface area contributed by atoms with Crippen molar-refractivity contribution in [3.63, 3.8) is 0 Å². The van der Waals surface area contributed by atoms with Crippen LogP contribution in [0.1, 0.15) is 36.5 Å². The number of hydrogen-bond donors (Lipinski definition) is 0. The van der Waals surface area contributed by atoms with Gasteiger partial charge in [-0.05, 0) is 55.2 Å². The first-order valence-electron chi connectivity index (χ1n) is 8.84. The van der Waals surface area contributed by atoms with Gasteiger partial charge in [-0.15, -0.1) is 6.42 Å². The molecule has 1 fully saturated rings. The van der Waals surface area contributed by atoms with Crippen molar-refractivity contribution < 1.29 is 4.74 Å². The summed E-state index contributed by atoms with van der Waals surface area (Å²) in [5.41, 5.74) is 4.46. The number of likely N-dealkylation sites (tertiary alicyclic amines) is 1. The molecule has 2 aromatic carbocycles. The van der Waals surface area contributed by atoms with Crippen molar-refractivity contribution in [1.29, 1.82) is 0 Å². The Hall–Kier alpha value is -2.50. The molecule has 2 aromatic rings. The Morgan fingerprint density at radius 1 is 1.20 bits per heavy atom. The number of terminal acetylenes is 1. The second-order valence-electron chi connectivity index (χ2n) is 6.74. The highest BCUT2D eigenvalue weighted by Crippen LogP contribution is 2.23. The fraction of sp³-hybridized carbons (Fsp3) is 0.304. The Balaban J connectivity index is 1.50. The van der Waals surface area contributed by atoms with Crippen LogP contribution in [-0.4, -0.2) is 24.1 Å². The van der Waals surface area contributed by atoms with Gasteiger partial charge in [0.2, 0.25) is 0 Å². The van der Waals surface area contributed by atoms with Gasteiger partial charge in [-0.2, -0.15) is 0 Å². The molecule has 25 heavy (non-hydrogen) atoms. The molecule has 128 valence electrons. The monoisotopic (exact) mass is 331 g/mol. The summed E-state index contributed by atoms with van der Waals surface area (Å²) in [7, 11) is 0. The van der Waals surface area contributed by atoms with Gasteiger partial charge in [0.1, 0.15) is 11.9 Å². The summed E-state index contributed by atoms with van der Waals surface area (Å²) < 4.78 is 6.19. The number of piperidine rings is 1. The quantitative estimate of drug-likeness (QED) is 0.734. The average molecular weight is 331 g/mol. The topological polar surface area (TPSA) is 12.5 Å². The SMILES string of the molecule is C#Cc1ccc(CN2CCC(Oc3cccc(C(=C)C)c3)CC2)cc1. The van der Waals surface area contributed by atoms with Crippen molar-refractivity contribution in [2.45, 2.75) is 32.4 Å². The van der Waals surface area contributed by atoms with E-state index in [1.807, 2.05) is 31.2 Å². The average Bonchev–Trinajstić information content (AvgIpc) is 2.64. The fourth-order valence-electron chi connectivity index (χ4n) is 3.18. The van der Waals surface area contributed by atoms with Crippen LogP contribution in [-0.2, 0) is 6.54 Å². The minimum Gasteiger partial charge on any atom is -0.490 e. The Labute approximate surface area is 151 Å². The van der Waals surface area contributed by atoms with E-state index < -0.39 is 0 Å². The standard InChI is InChI=1S/C23H25NO/c1-4-19-8-10-20(11-9-19)17-24-14-12-22(13-15-24)25-23-7-5-6-21(16-23)18(2)3/h1,5-11,16,22H,2,12-15,17H2,3H3. The molecule has 0 unspecified atom stereocenters. The van der Waals surface area contributed by atoms with Crippen LogP contribution in [0.4, 0.5) is 0 Å². The molecule has 0 N–H and O–H groups in total. The molecule has 0 bridgehead atoms. The van der Waals surface area contributed by atoms with Crippen molar-refractivity contribution in [3.05, 3.63) is 71.8 Å². The van der Waals surface area contributed by atoms with Crippen LogP contribution in [0.15, 0.2) is 55.1 Å². The van der Waals surface area contributed by atoms with E-state index in [4.69, 9.17) is 11.2 Å². The normalized spacial score (nSPS) is 15.5. The van der Waals surface area contributed by atoms with E-state index in [1.165, 1.54) is 5.56 Å². The second-order valence-corrected chi connectivity index (χ2v) is 6.74. The highest BCUT2D eigenvalue weighted by Gasteiger charge is 2.20. The van der Waals surface area contributed by atoms with Gasteiger partial charge in [-0.3, -0.25) is 4.90 Å². The zero-order chi connectivity index (χ0) is 17.6. The highest BCUT2D eigenvalue weighted by atomic mass is 16.5. The third-order valence-corrected chi connectivity index (χ3v) is 4.69. The van der Waals surface area contributed by atoms with Crippen LogP contribution in [0, 0.1) is 12.3 Å². The predicted octanol–water partition coefficient (Wildman–Crippen LogP) is 4.74. The van der Waals surface area contributed by atoms with Gasteiger partial charge in [0.05, 0.1) is 0 Å². The van der Waals surface area contributed by atoms with Crippen molar-refractivity contribution in [2.24, 2.45) is 0 Å². The molecule has 1 aliphatic rings. The van der Waals surface area contributed by atoms with Crippen molar-refractivity contribution in [2.75, 3.05) is 13.1 Å². The van der Waals surface area contributed by atoms with Gasteiger partial charge in [-0.25, -0.2) is 0 Å². The van der Waals surface area contributed by atoms with E-state index in [2.05, 4.69) is 41.7 Å². The predicted molar refractivity (Wildman–Crippen MR) is 104 cm³/mol. The van der Waals surface area contributed by atoms with Gasteiger partial charge < -0.3 is 4.74 Å². The molecule has 1 aliphatic heterocycles. The Bertz CT molecular complexity index is 761. The van der Waals surface area contributed by atoms with E-state index in [9.17, 15) is 0 Å². The van der Waals surface area contributed by atoms with Crippen LogP contribution in [0.2, 0.25) is 0 Å². The van der Waals surface area contributed by atoms with Crippen molar-refractivity contribution in [1.82, 2.24) is 4.90 Å². The van der Waals surface area contributed by atoms with Gasteiger partial charge in [-0.1, -0.05) is 42.3 Å². The molecular formula is C23H25NO. The van der Waals surface area contributed by atoms with E-state index >= 15 is 0 Å². The van der Waals surface area contributed by atoms with E-state index in [-0.39, 0.29) is 0 Å². The molecule has 1 saturated heterocycles. The molecule has 2 heteroatoms. The van der Waals surface area contributed by atoms with Crippen molar-refractivity contribution >= 4 is 5.57 Å². The molecule has 0 aliphatic carbocycles. The summed E-state index contributed by atoms with van der Waals surface area (Å²) in [6.07, 6.45) is 7.81. The molecule has 0 spiro atoms. The van der Waals surface area contributed by atoms with E-state index in [1.54, 1.807) is 0 Å². The second kappa shape index (κ2) is 8.05. The summed E-state index contributed by atoms with van der Waals surface area (Å²) in [6.45, 7) is 9.11. The maximum absolute atomic E-state index is 6.19. The number of ether oxygens (including phenoxy) is 1. The summed E-state index contributed by atoms with van der Waals surface area (Å²) in [4.78, 5) is 2.48. The smallest absolute Gasteiger partial charge is 0.120 e. The number of nitrogens with zero attached hydrogens (tertiary/aromatic N) is 1. The molecule has 0 aromatic heterocycles. The zero-order valence-electron chi connectivity index (χ0n) is 14.9. The van der Waals surface area contributed by atoms with Gasteiger partial charge in [0, 0.05) is 25.2 Å². The zero-order valence-corrected chi connectivity index (χ0v) is 14.9. The summed E-state index contributed by atoms with van der Waals surface area (Å²) >= 11 is 0. The maximum Gasteiger partial charge on any atom is 0.120 e. The van der Waals surface area contributed by atoms with Crippen LogP contribution in [0.5, 0.6) is 5.75 Å². The molecule has 0 radical (unpaired) electrons. The first-order valence-corrected chi connectivity index (χ1v) is 8.84. The highest BCUT2D eigenvalue weighted by molar-refractivity contribution is 5.62. The first kappa shape index (κ1) is 17.3. The minimum atomic E-state index is 0.292. The molecule has 1 heterocycles. The molecule has 0 atom stereocenters. The molecular weight excluding hydrogens is 306 g/mol. The fourth-order valence-corrected chi connectivity index (χ4v) is 3.18. The number of hydrogen-bond acceptors (Lipinski definition) is 2. The summed E-state index contributed by atoms with van der Waals surface area (Å²) in [6, 6.07) is 16.5.